The number of methoxy groups -OCH3 is 3. The summed E-state index contributed by atoms with van der Waals surface area (Å²) in [7, 11) is 4.64. The van der Waals surface area contributed by atoms with E-state index < -0.39 is 6.04 Å². The fourth-order valence-electron chi connectivity index (χ4n) is 4.38. The van der Waals surface area contributed by atoms with Gasteiger partial charge in [-0.05, 0) is 47.7 Å². The van der Waals surface area contributed by atoms with Gasteiger partial charge < -0.3 is 24.4 Å². The zero-order valence-corrected chi connectivity index (χ0v) is 19.7. The minimum atomic E-state index is -0.467. The maximum Gasteiger partial charge on any atom is 0.298 e. The Morgan fingerprint density at radius 1 is 1.12 bits per heavy atom. The molecule has 1 radical (unpaired) electrons. The van der Waals surface area contributed by atoms with Crippen LogP contribution >= 0.6 is 0 Å². The summed E-state index contributed by atoms with van der Waals surface area (Å²) in [5, 5.41) is 6.20. The van der Waals surface area contributed by atoms with Crippen molar-refractivity contribution >= 4 is 29.0 Å². The van der Waals surface area contributed by atoms with Gasteiger partial charge >= 0.3 is 0 Å². The van der Waals surface area contributed by atoms with Crippen LogP contribution in [0.2, 0.25) is 0 Å². The van der Waals surface area contributed by atoms with Gasteiger partial charge in [0, 0.05) is 19.5 Å². The first-order valence-electron chi connectivity index (χ1n) is 11.3. The highest BCUT2D eigenvalue weighted by Gasteiger charge is 2.34. The molecule has 0 unspecified atom stereocenters. The van der Waals surface area contributed by atoms with E-state index >= 15 is 0 Å². The number of carbonyl (C=O) groups is 2. The Balaban J connectivity index is 1.33. The molecular formula is C25H30N4O5+. The molecule has 179 valence electrons. The number of amidine groups is 1. The maximum absolute atomic E-state index is 12.9. The summed E-state index contributed by atoms with van der Waals surface area (Å²) in [6, 6.07) is 10.9. The van der Waals surface area contributed by atoms with Crippen LogP contribution in [0.25, 0.3) is 0 Å². The highest BCUT2D eigenvalue weighted by atomic mass is 16.5. The van der Waals surface area contributed by atoms with E-state index in [0.717, 1.165) is 29.2 Å². The lowest BCUT2D eigenvalue weighted by molar-refractivity contribution is -0.138. The molecule has 0 aromatic heterocycles. The zero-order valence-electron chi connectivity index (χ0n) is 19.7. The van der Waals surface area contributed by atoms with Gasteiger partial charge in [-0.3, -0.25) is 9.59 Å². The van der Waals surface area contributed by atoms with Crippen molar-refractivity contribution in [1.82, 2.24) is 15.2 Å². The van der Waals surface area contributed by atoms with Gasteiger partial charge in [0.15, 0.2) is 17.2 Å². The van der Waals surface area contributed by atoms with Gasteiger partial charge in [0.1, 0.15) is 6.04 Å². The number of hydrogen-bond acceptors (Lipinski definition) is 7. The van der Waals surface area contributed by atoms with E-state index in [4.69, 9.17) is 14.2 Å². The number of nitrogens with zero attached hydrogens (tertiary/aromatic N) is 2. The van der Waals surface area contributed by atoms with Crippen molar-refractivity contribution in [2.24, 2.45) is 0 Å². The second-order valence-corrected chi connectivity index (χ2v) is 8.20. The molecule has 1 fully saturated rings. The Kier molecular flexibility index (Phi) is 7.20. The fourth-order valence-corrected chi connectivity index (χ4v) is 4.38. The summed E-state index contributed by atoms with van der Waals surface area (Å²) in [6.45, 7) is 0.869. The quantitative estimate of drug-likeness (QED) is 0.589. The van der Waals surface area contributed by atoms with E-state index in [1.165, 1.54) is 0 Å². The van der Waals surface area contributed by atoms with Crippen LogP contribution in [-0.2, 0) is 16.1 Å². The predicted molar refractivity (Wildman–Crippen MR) is 129 cm³/mol. The van der Waals surface area contributed by atoms with Crippen molar-refractivity contribution in [3.63, 3.8) is 0 Å². The van der Waals surface area contributed by atoms with Crippen LogP contribution in [0.4, 0.5) is 11.4 Å². The number of carbonyl (C=O) groups excluding carboxylic acids is 2. The molecule has 9 heteroatoms. The monoisotopic (exact) mass is 466 g/mol. The van der Waals surface area contributed by atoms with Crippen LogP contribution in [0.15, 0.2) is 36.4 Å². The lowest BCUT2D eigenvalue weighted by atomic mass is 10.1. The highest BCUT2D eigenvalue weighted by molar-refractivity contribution is 6.04. The number of nitrogens with one attached hydrogen (secondary N) is 2. The molecule has 9 nitrogen and oxygen atoms in total. The second kappa shape index (κ2) is 10.5. The number of hydrogen-bond donors (Lipinski definition) is 2. The number of para-hydroxylation sites is 2. The molecule has 2 aromatic carbocycles. The van der Waals surface area contributed by atoms with Gasteiger partial charge in [-0.15, -0.1) is 0 Å². The molecule has 1 saturated heterocycles. The first-order valence-corrected chi connectivity index (χ1v) is 11.3. The lowest BCUT2D eigenvalue weighted by Gasteiger charge is -2.24. The average molecular weight is 467 g/mol. The third-order valence-corrected chi connectivity index (χ3v) is 6.08. The smallest absolute Gasteiger partial charge is 0.298 e. The molecule has 0 spiro atoms. The molecule has 0 saturated carbocycles. The van der Waals surface area contributed by atoms with Gasteiger partial charge in [-0.1, -0.05) is 12.1 Å². The number of ether oxygens (including phenoxy) is 3. The van der Waals surface area contributed by atoms with Crippen molar-refractivity contribution in [3.8, 4) is 17.2 Å². The molecule has 34 heavy (non-hydrogen) atoms. The Morgan fingerprint density at radius 3 is 2.53 bits per heavy atom. The van der Waals surface area contributed by atoms with Crippen LogP contribution in [0.5, 0.6) is 17.2 Å². The fraction of sp³-hybridized carbons (Fsp3) is 0.400. The van der Waals surface area contributed by atoms with Crippen LogP contribution in [0, 0.1) is 0 Å². The molecule has 2 amide bonds. The maximum atomic E-state index is 12.9. The molecule has 2 heterocycles. The number of likely N-dealkylation sites (tertiary alicyclic amines) is 1. The third-order valence-electron chi connectivity index (χ3n) is 6.08. The summed E-state index contributed by atoms with van der Waals surface area (Å²) in [5.74, 6) is 2.12. The molecule has 1 atom stereocenters. The minimum Gasteiger partial charge on any atom is -0.493 e. The summed E-state index contributed by atoms with van der Waals surface area (Å²) in [6.07, 6.45) is 2.26. The SMILES string of the molecule is COc1cc(CNC(=O)[C@@H]2CCCN2C(=O)CCC2=[N+]c3ccccc3N2)cc(OC)c1OC. The van der Waals surface area contributed by atoms with Crippen LogP contribution in [-0.4, -0.2) is 56.5 Å². The van der Waals surface area contributed by atoms with Gasteiger partial charge in [0.2, 0.25) is 23.3 Å². The lowest BCUT2D eigenvalue weighted by Crippen LogP contribution is -2.45. The molecule has 0 aliphatic carbocycles. The molecule has 4 rings (SSSR count). The number of benzene rings is 2. The largest absolute Gasteiger partial charge is 0.493 e. The van der Waals surface area contributed by atoms with E-state index in [1.807, 2.05) is 24.3 Å². The Hall–Kier alpha value is -3.75. The van der Waals surface area contributed by atoms with Gasteiger partial charge in [0.25, 0.3) is 5.84 Å². The molecular weight excluding hydrogens is 436 g/mol. The van der Waals surface area contributed by atoms with Crippen molar-refractivity contribution in [1.29, 1.82) is 0 Å². The molecule has 2 aromatic rings. The second-order valence-electron chi connectivity index (χ2n) is 8.20. The summed E-state index contributed by atoms with van der Waals surface area (Å²) >= 11 is 0. The van der Waals surface area contributed by atoms with Crippen molar-refractivity contribution in [3.05, 3.63) is 42.0 Å². The van der Waals surface area contributed by atoms with Gasteiger partial charge in [0.05, 0.1) is 27.8 Å². The summed E-state index contributed by atoms with van der Waals surface area (Å²) < 4.78 is 16.1. The van der Waals surface area contributed by atoms with Crippen molar-refractivity contribution in [2.45, 2.75) is 38.3 Å². The van der Waals surface area contributed by atoms with Crippen LogP contribution in [0.1, 0.15) is 31.2 Å². The number of anilines is 1. The summed E-state index contributed by atoms with van der Waals surface area (Å²) in [4.78, 5) is 32.1. The van der Waals surface area contributed by atoms with Crippen molar-refractivity contribution < 1.29 is 23.8 Å². The molecule has 2 N–H and O–H groups in total. The van der Waals surface area contributed by atoms with E-state index in [2.05, 4.69) is 15.6 Å². The van der Waals surface area contributed by atoms with E-state index in [9.17, 15) is 9.59 Å². The molecule has 2 aliphatic heterocycles. The normalized spacial score (nSPS) is 16.4. The first kappa shape index (κ1) is 23.4. The molecule has 0 bridgehead atoms. The minimum absolute atomic E-state index is 0.0362. The number of amides is 2. The van der Waals surface area contributed by atoms with Gasteiger partial charge in [-0.2, -0.15) is 0 Å². The number of fused-ring (bicyclic) bond motifs is 1. The summed E-state index contributed by atoms with van der Waals surface area (Å²) in [5.41, 5.74) is 2.65. The van der Waals surface area contributed by atoms with Gasteiger partial charge in [-0.25, -0.2) is 5.32 Å². The van der Waals surface area contributed by atoms with E-state index in [1.54, 1.807) is 38.4 Å². The first-order chi connectivity index (χ1) is 16.5. The number of aliphatic imine (C=N–C) groups is 1. The predicted octanol–water partition coefficient (Wildman–Crippen LogP) is 2.59. The Morgan fingerprint density at radius 2 is 1.85 bits per heavy atom. The zero-order chi connectivity index (χ0) is 24.1. The standard InChI is InChI=1S/C25H30N4O5/c1-32-20-13-16(14-21(33-2)24(20)34-3)15-26-25(31)19-9-6-12-29(19)23(30)11-10-22-27-17-7-4-5-8-18(17)28-22/h4-5,7-8,13-14,19,27H,6,9-12,15H2,1-3H3,(H,26,31)/q+1/t19-/m0/s1. The topological polar surface area (TPSA) is 103 Å². The highest BCUT2D eigenvalue weighted by Crippen LogP contribution is 2.38. The van der Waals surface area contributed by atoms with E-state index in [-0.39, 0.29) is 18.4 Å². The Bertz CT molecular complexity index is 1080. The number of rotatable bonds is 9. The molecule has 2 aliphatic rings. The van der Waals surface area contributed by atoms with Crippen LogP contribution < -0.4 is 29.8 Å². The van der Waals surface area contributed by atoms with Crippen LogP contribution in [0.3, 0.4) is 0 Å². The third kappa shape index (κ3) is 4.93. The Labute approximate surface area is 199 Å². The van der Waals surface area contributed by atoms with E-state index in [0.29, 0.717) is 43.1 Å². The average Bonchev–Trinajstić information content (AvgIpc) is 3.52. The van der Waals surface area contributed by atoms with Crippen molar-refractivity contribution in [2.75, 3.05) is 33.2 Å².